The Kier molecular flexibility index (Phi) is 4.81. The lowest BCUT2D eigenvalue weighted by atomic mass is 10.1. The highest BCUT2D eigenvalue weighted by Crippen LogP contribution is 2.31. The molecule has 0 unspecified atom stereocenters. The van der Waals surface area contributed by atoms with Gasteiger partial charge in [0.15, 0.2) is 5.78 Å². The lowest BCUT2D eigenvalue weighted by molar-refractivity contribution is 0.0988. The fraction of sp³-hybridized carbons (Fsp3) is 0.438. The lowest BCUT2D eigenvalue weighted by Gasteiger charge is -2.20. The molecule has 21 heavy (non-hydrogen) atoms. The van der Waals surface area contributed by atoms with Gasteiger partial charge in [0.1, 0.15) is 0 Å². The summed E-state index contributed by atoms with van der Waals surface area (Å²) in [5, 5.41) is 0. The molecular weight excluding hydrogens is 286 g/mol. The summed E-state index contributed by atoms with van der Waals surface area (Å²) in [6.45, 7) is 2.27. The van der Waals surface area contributed by atoms with Crippen LogP contribution in [0.15, 0.2) is 29.2 Å². The molecule has 1 aromatic rings. The standard InChI is InChI=1S/C16H19NO3S/c1-3-10-17(12-13-8-9-13)21(19,20)15-7-5-6-14(11-15)16(18)4-2/h1,5-7,11,13H,4,8-10,12H2,2H3. The van der Waals surface area contributed by atoms with Gasteiger partial charge in [-0.3, -0.25) is 4.79 Å². The minimum atomic E-state index is -3.64. The zero-order chi connectivity index (χ0) is 15.5. The second-order valence-corrected chi connectivity index (χ2v) is 7.19. The third-order valence-electron chi connectivity index (χ3n) is 3.54. The number of carbonyl (C=O) groups is 1. The summed E-state index contributed by atoms with van der Waals surface area (Å²) in [6, 6.07) is 6.19. The number of carbonyl (C=O) groups excluding carboxylic acids is 1. The molecule has 0 saturated heterocycles. The highest BCUT2D eigenvalue weighted by molar-refractivity contribution is 7.89. The van der Waals surface area contributed by atoms with Crippen LogP contribution in [0.4, 0.5) is 0 Å². The van der Waals surface area contributed by atoms with E-state index in [9.17, 15) is 13.2 Å². The van der Waals surface area contributed by atoms with Crippen LogP contribution in [0, 0.1) is 18.3 Å². The van der Waals surface area contributed by atoms with Crippen LogP contribution < -0.4 is 0 Å². The predicted molar refractivity (Wildman–Crippen MR) is 81.4 cm³/mol. The van der Waals surface area contributed by atoms with Crippen molar-refractivity contribution in [2.24, 2.45) is 5.92 Å². The van der Waals surface area contributed by atoms with E-state index in [0.29, 0.717) is 24.4 Å². The van der Waals surface area contributed by atoms with Crippen molar-refractivity contribution < 1.29 is 13.2 Å². The van der Waals surface area contributed by atoms with Crippen LogP contribution in [0.2, 0.25) is 0 Å². The van der Waals surface area contributed by atoms with E-state index in [4.69, 9.17) is 6.42 Å². The van der Waals surface area contributed by atoms with Gasteiger partial charge in [0.05, 0.1) is 11.4 Å². The number of hydrogen-bond acceptors (Lipinski definition) is 3. The average molecular weight is 305 g/mol. The lowest BCUT2D eigenvalue weighted by Crippen LogP contribution is -2.33. The Hall–Kier alpha value is -1.64. The van der Waals surface area contributed by atoms with Crippen LogP contribution in [0.3, 0.4) is 0 Å². The molecular formula is C16H19NO3S. The van der Waals surface area contributed by atoms with E-state index in [-0.39, 0.29) is 17.2 Å². The monoisotopic (exact) mass is 305 g/mol. The molecule has 0 spiro atoms. The topological polar surface area (TPSA) is 54.5 Å². The molecule has 0 radical (unpaired) electrons. The number of rotatable bonds is 7. The molecule has 1 aromatic carbocycles. The van der Waals surface area contributed by atoms with Gasteiger partial charge < -0.3 is 0 Å². The van der Waals surface area contributed by atoms with Gasteiger partial charge >= 0.3 is 0 Å². The van der Waals surface area contributed by atoms with Crippen LogP contribution in [0.25, 0.3) is 0 Å². The molecule has 112 valence electrons. The first-order chi connectivity index (χ1) is 9.98. The van der Waals surface area contributed by atoms with Gasteiger partial charge in [-0.15, -0.1) is 6.42 Å². The minimum Gasteiger partial charge on any atom is -0.294 e. The Labute approximate surface area is 126 Å². The summed E-state index contributed by atoms with van der Waals surface area (Å²) < 4.78 is 26.7. The normalized spacial score (nSPS) is 14.9. The van der Waals surface area contributed by atoms with E-state index in [1.807, 2.05) is 0 Å². The summed E-state index contributed by atoms with van der Waals surface area (Å²) in [7, 11) is -3.64. The molecule has 0 atom stereocenters. The molecule has 0 amide bonds. The molecule has 1 aliphatic rings. The maximum absolute atomic E-state index is 12.7. The van der Waals surface area contributed by atoms with E-state index < -0.39 is 10.0 Å². The number of ketones is 1. The number of benzene rings is 1. The third kappa shape index (κ3) is 3.72. The molecule has 1 fully saturated rings. The molecule has 0 aliphatic heterocycles. The highest BCUT2D eigenvalue weighted by Gasteiger charge is 2.31. The van der Waals surface area contributed by atoms with E-state index >= 15 is 0 Å². The zero-order valence-corrected chi connectivity index (χ0v) is 12.9. The number of nitrogens with zero attached hydrogens (tertiary/aromatic N) is 1. The quantitative estimate of drug-likeness (QED) is 0.574. The van der Waals surface area contributed by atoms with E-state index in [0.717, 1.165) is 12.8 Å². The maximum atomic E-state index is 12.7. The smallest absolute Gasteiger partial charge is 0.243 e. The number of Topliss-reactive ketones (excluding diaryl/α,β-unsaturated/α-hetero) is 1. The van der Waals surface area contributed by atoms with E-state index in [1.54, 1.807) is 19.1 Å². The third-order valence-corrected chi connectivity index (χ3v) is 5.35. The zero-order valence-electron chi connectivity index (χ0n) is 12.1. The maximum Gasteiger partial charge on any atom is 0.243 e. The molecule has 2 rings (SSSR count). The molecule has 0 heterocycles. The first-order valence-electron chi connectivity index (χ1n) is 7.06. The van der Waals surface area contributed by atoms with Crippen molar-refractivity contribution in [2.75, 3.05) is 13.1 Å². The number of hydrogen-bond donors (Lipinski definition) is 0. The Morgan fingerprint density at radius 3 is 2.71 bits per heavy atom. The van der Waals surface area contributed by atoms with Gasteiger partial charge in [-0.2, -0.15) is 4.31 Å². The van der Waals surface area contributed by atoms with E-state index in [2.05, 4.69) is 5.92 Å². The van der Waals surface area contributed by atoms with Crippen molar-refractivity contribution >= 4 is 15.8 Å². The summed E-state index contributed by atoms with van der Waals surface area (Å²) in [5.41, 5.74) is 0.422. The van der Waals surface area contributed by atoms with Crippen LogP contribution in [0.5, 0.6) is 0 Å². The largest absolute Gasteiger partial charge is 0.294 e. The first kappa shape index (κ1) is 15.7. The number of terminal acetylenes is 1. The van der Waals surface area contributed by atoms with Crippen LogP contribution in [-0.4, -0.2) is 31.6 Å². The molecule has 0 N–H and O–H groups in total. The molecule has 5 heteroatoms. The van der Waals surface area contributed by atoms with Crippen molar-refractivity contribution in [3.63, 3.8) is 0 Å². The number of sulfonamides is 1. The van der Waals surface area contributed by atoms with Crippen LogP contribution >= 0.6 is 0 Å². The summed E-state index contributed by atoms with van der Waals surface area (Å²) in [4.78, 5) is 11.9. The second-order valence-electron chi connectivity index (χ2n) is 5.25. The molecule has 1 saturated carbocycles. The van der Waals surface area contributed by atoms with E-state index in [1.165, 1.54) is 16.4 Å². The van der Waals surface area contributed by atoms with Crippen molar-refractivity contribution in [1.29, 1.82) is 0 Å². The molecule has 1 aliphatic carbocycles. The highest BCUT2D eigenvalue weighted by atomic mass is 32.2. The fourth-order valence-electron chi connectivity index (χ4n) is 2.12. The fourth-order valence-corrected chi connectivity index (χ4v) is 3.60. The predicted octanol–water partition coefficient (Wildman–Crippen LogP) is 2.31. The SMILES string of the molecule is C#CCN(CC1CC1)S(=O)(=O)c1cccc(C(=O)CC)c1. The van der Waals surface area contributed by atoms with Gasteiger partial charge in [0.25, 0.3) is 0 Å². The minimum absolute atomic E-state index is 0.0603. The molecule has 0 bridgehead atoms. The summed E-state index contributed by atoms with van der Waals surface area (Å²) in [6.07, 6.45) is 7.73. The summed E-state index contributed by atoms with van der Waals surface area (Å²) in [5.74, 6) is 2.74. The van der Waals surface area contributed by atoms with Crippen LogP contribution in [0.1, 0.15) is 36.5 Å². The molecule has 4 nitrogen and oxygen atoms in total. The van der Waals surface area contributed by atoms with Gasteiger partial charge in [0, 0.05) is 18.5 Å². The molecule has 0 aromatic heterocycles. The second kappa shape index (κ2) is 6.42. The first-order valence-corrected chi connectivity index (χ1v) is 8.50. The van der Waals surface area contributed by atoms with Gasteiger partial charge in [-0.25, -0.2) is 8.42 Å². The van der Waals surface area contributed by atoms with Crippen molar-refractivity contribution in [2.45, 2.75) is 31.1 Å². The average Bonchev–Trinajstić information content (AvgIpc) is 3.30. The Morgan fingerprint density at radius 1 is 1.43 bits per heavy atom. The summed E-state index contributed by atoms with van der Waals surface area (Å²) >= 11 is 0. The van der Waals surface area contributed by atoms with Gasteiger partial charge in [0.2, 0.25) is 10.0 Å². The van der Waals surface area contributed by atoms with Gasteiger partial charge in [-0.05, 0) is 30.9 Å². The van der Waals surface area contributed by atoms with Crippen molar-refractivity contribution in [1.82, 2.24) is 4.31 Å². The Balaban J connectivity index is 2.32. The van der Waals surface area contributed by atoms with Crippen LogP contribution in [-0.2, 0) is 10.0 Å². The van der Waals surface area contributed by atoms with Crippen molar-refractivity contribution in [3.8, 4) is 12.3 Å². The van der Waals surface area contributed by atoms with Gasteiger partial charge in [-0.1, -0.05) is 25.0 Å². The Morgan fingerprint density at radius 2 is 2.14 bits per heavy atom. The Bertz CT molecular complexity index is 669. The van der Waals surface area contributed by atoms with Crippen molar-refractivity contribution in [3.05, 3.63) is 29.8 Å².